The number of carbonyl (C=O) groups is 1. The van der Waals surface area contributed by atoms with Crippen LogP contribution in [-0.2, 0) is 17.8 Å². The Morgan fingerprint density at radius 3 is 2.95 bits per heavy atom. The number of aromatic nitrogens is 3. The van der Waals surface area contributed by atoms with Gasteiger partial charge in [0.2, 0.25) is 5.91 Å². The number of anilines is 1. The Morgan fingerprint density at radius 2 is 2.15 bits per heavy atom. The zero-order chi connectivity index (χ0) is 13.9. The minimum atomic E-state index is -0.0460. The maximum atomic E-state index is 12.0. The number of H-pyrrole nitrogens is 2. The van der Waals surface area contributed by atoms with E-state index in [9.17, 15) is 4.79 Å². The summed E-state index contributed by atoms with van der Waals surface area (Å²) in [6.45, 7) is 0.378. The molecule has 1 aromatic carbocycles. The first kappa shape index (κ1) is 12.3. The molecule has 0 bridgehead atoms. The fraction of sp³-hybridized carbons (Fsp3) is 0.143. The second kappa shape index (κ2) is 5.08. The lowest BCUT2D eigenvalue weighted by Gasteiger charge is -2.03. The predicted molar refractivity (Wildman–Crippen MR) is 76.8 cm³/mol. The summed E-state index contributed by atoms with van der Waals surface area (Å²) >= 11 is 0. The van der Waals surface area contributed by atoms with Crippen molar-refractivity contribution < 1.29 is 4.79 Å². The molecule has 20 heavy (non-hydrogen) atoms. The Kier molecular flexibility index (Phi) is 3.12. The van der Waals surface area contributed by atoms with E-state index in [1.54, 1.807) is 6.20 Å². The lowest BCUT2D eigenvalue weighted by Crippen LogP contribution is -2.24. The van der Waals surface area contributed by atoms with Crippen LogP contribution >= 0.6 is 0 Å². The Balaban J connectivity index is 1.66. The van der Waals surface area contributed by atoms with Gasteiger partial charge in [-0.25, -0.2) is 0 Å². The summed E-state index contributed by atoms with van der Waals surface area (Å²) < 4.78 is 0. The first-order chi connectivity index (χ1) is 9.74. The van der Waals surface area contributed by atoms with Crippen molar-refractivity contribution in [2.45, 2.75) is 13.0 Å². The van der Waals surface area contributed by atoms with Crippen molar-refractivity contribution in [2.75, 3.05) is 5.73 Å². The van der Waals surface area contributed by atoms with Crippen LogP contribution in [0.25, 0.3) is 10.9 Å². The van der Waals surface area contributed by atoms with Crippen LogP contribution in [0.1, 0.15) is 11.1 Å². The number of hydrogen-bond donors (Lipinski definition) is 4. The fourth-order valence-corrected chi connectivity index (χ4v) is 2.17. The van der Waals surface area contributed by atoms with Gasteiger partial charge < -0.3 is 16.0 Å². The van der Waals surface area contributed by atoms with Crippen LogP contribution < -0.4 is 11.1 Å². The molecule has 0 unspecified atom stereocenters. The molecule has 0 radical (unpaired) electrons. The van der Waals surface area contributed by atoms with Crippen molar-refractivity contribution in [1.29, 1.82) is 0 Å². The van der Waals surface area contributed by atoms with E-state index >= 15 is 0 Å². The van der Waals surface area contributed by atoms with Crippen molar-refractivity contribution in [3.8, 4) is 0 Å². The van der Waals surface area contributed by atoms with Crippen LogP contribution in [0, 0.1) is 0 Å². The summed E-state index contributed by atoms with van der Waals surface area (Å²) in [7, 11) is 0. The number of carbonyl (C=O) groups excluding carboxylic acids is 1. The molecule has 0 saturated carbocycles. The predicted octanol–water partition coefficient (Wildman–Crippen LogP) is 1.33. The molecule has 0 spiro atoms. The van der Waals surface area contributed by atoms with Gasteiger partial charge in [0.1, 0.15) is 5.82 Å². The number of aromatic amines is 2. The third kappa shape index (κ3) is 2.35. The van der Waals surface area contributed by atoms with E-state index in [2.05, 4.69) is 20.5 Å². The molecule has 1 amide bonds. The SMILES string of the molecule is Nc1[nH]ncc1CNC(=O)Cc1c[nH]c2ccccc12. The zero-order valence-electron chi connectivity index (χ0n) is 10.8. The largest absolute Gasteiger partial charge is 0.384 e. The molecular weight excluding hydrogens is 254 g/mol. The number of nitrogens with two attached hydrogens (primary N) is 1. The van der Waals surface area contributed by atoms with Crippen molar-refractivity contribution >= 4 is 22.6 Å². The monoisotopic (exact) mass is 269 g/mol. The molecule has 0 aliphatic rings. The second-order valence-corrected chi connectivity index (χ2v) is 4.62. The van der Waals surface area contributed by atoms with Gasteiger partial charge in [-0.2, -0.15) is 5.10 Å². The maximum absolute atomic E-state index is 12.0. The fourth-order valence-electron chi connectivity index (χ4n) is 2.17. The van der Waals surface area contributed by atoms with E-state index in [0.717, 1.165) is 22.0 Å². The average Bonchev–Trinajstić information content (AvgIpc) is 3.04. The smallest absolute Gasteiger partial charge is 0.224 e. The zero-order valence-corrected chi connectivity index (χ0v) is 10.8. The molecule has 0 atom stereocenters. The number of nitrogen functional groups attached to an aromatic ring is 1. The van der Waals surface area contributed by atoms with Gasteiger partial charge in [-0.3, -0.25) is 9.89 Å². The molecule has 5 N–H and O–H groups in total. The van der Waals surface area contributed by atoms with E-state index in [1.165, 1.54) is 0 Å². The molecule has 0 saturated heterocycles. The number of hydrogen-bond acceptors (Lipinski definition) is 3. The van der Waals surface area contributed by atoms with Crippen molar-refractivity contribution in [2.24, 2.45) is 0 Å². The lowest BCUT2D eigenvalue weighted by atomic mass is 10.1. The number of fused-ring (bicyclic) bond motifs is 1. The number of amides is 1. The van der Waals surface area contributed by atoms with Gasteiger partial charge in [0.25, 0.3) is 0 Å². The minimum absolute atomic E-state index is 0.0460. The highest BCUT2D eigenvalue weighted by molar-refractivity contribution is 5.88. The average molecular weight is 269 g/mol. The molecular formula is C14H15N5O. The third-order valence-corrected chi connectivity index (χ3v) is 3.25. The molecule has 0 aliphatic carbocycles. The Labute approximate surface area is 115 Å². The van der Waals surface area contributed by atoms with E-state index in [4.69, 9.17) is 5.73 Å². The van der Waals surface area contributed by atoms with Crippen molar-refractivity contribution in [3.63, 3.8) is 0 Å². The molecule has 6 heteroatoms. The van der Waals surface area contributed by atoms with Crippen LogP contribution in [0.4, 0.5) is 5.82 Å². The third-order valence-electron chi connectivity index (χ3n) is 3.25. The van der Waals surface area contributed by atoms with Gasteiger partial charge in [0, 0.05) is 29.2 Å². The summed E-state index contributed by atoms with van der Waals surface area (Å²) in [5, 5.41) is 10.4. The van der Waals surface area contributed by atoms with Gasteiger partial charge in [-0.15, -0.1) is 0 Å². The van der Waals surface area contributed by atoms with Gasteiger partial charge in [-0.05, 0) is 11.6 Å². The molecule has 6 nitrogen and oxygen atoms in total. The number of nitrogens with zero attached hydrogens (tertiary/aromatic N) is 1. The molecule has 2 aromatic heterocycles. The number of rotatable bonds is 4. The summed E-state index contributed by atoms with van der Waals surface area (Å²) in [4.78, 5) is 15.1. The minimum Gasteiger partial charge on any atom is -0.384 e. The van der Waals surface area contributed by atoms with Crippen molar-refractivity contribution in [3.05, 3.63) is 47.8 Å². The first-order valence-corrected chi connectivity index (χ1v) is 6.33. The van der Waals surface area contributed by atoms with E-state index in [0.29, 0.717) is 18.8 Å². The summed E-state index contributed by atoms with van der Waals surface area (Å²) in [5.41, 5.74) is 8.47. The highest BCUT2D eigenvalue weighted by atomic mass is 16.1. The van der Waals surface area contributed by atoms with Gasteiger partial charge in [0.15, 0.2) is 0 Å². The Morgan fingerprint density at radius 1 is 1.30 bits per heavy atom. The van der Waals surface area contributed by atoms with Gasteiger partial charge >= 0.3 is 0 Å². The van der Waals surface area contributed by atoms with Crippen LogP contribution in [0.15, 0.2) is 36.7 Å². The highest BCUT2D eigenvalue weighted by Gasteiger charge is 2.09. The number of benzene rings is 1. The van der Waals surface area contributed by atoms with E-state index in [-0.39, 0.29) is 5.91 Å². The Hall–Kier alpha value is -2.76. The van der Waals surface area contributed by atoms with Gasteiger partial charge in [-0.1, -0.05) is 18.2 Å². The topological polar surface area (TPSA) is 99.6 Å². The van der Waals surface area contributed by atoms with Crippen LogP contribution in [-0.4, -0.2) is 21.1 Å². The summed E-state index contributed by atoms with van der Waals surface area (Å²) in [6, 6.07) is 7.92. The lowest BCUT2D eigenvalue weighted by molar-refractivity contribution is -0.120. The van der Waals surface area contributed by atoms with E-state index < -0.39 is 0 Å². The highest BCUT2D eigenvalue weighted by Crippen LogP contribution is 2.18. The maximum Gasteiger partial charge on any atom is 0.224 e. The number of nitrogens with one attached hydrogen (secondary N) is 3. The normalized spacial score (nSPS) is 10.8. The summed E-state index contributed by atoms with van der Waals surface area (Å²) in [6.07, 6.45) is 3.82. The molecule has 3 aromatic rings. The number of para-hydroxylation sites is 1. The molecule has 0 aliphatic heterocycles. The van der Waals surface area contributed by atoms with E-state index in [1.807, 2.05) is 30.5 Å². The second-order valence-electron chi connectivity index (χ2n) is 4.62. The van der Waals surface area contributed by atoms with Crippen LogP contribution in [0.5, 0.6) is 0 Å². The Bertz CT molecular complexity index is 743. The van der Waals surface area contributed by atoms with Gasteiger partial charge in [0.05, 0.1) is 12.6 Å². The molecule has 2 heterocycles. The van der Waals surface area contributed by atoms with Crippen LogP contribution in [0.3, 0.4) is 0 Å². The molecule has 0 fully saturated rings. The summed E-state index contributed by atoms with van der Waals surface area (Å²) in [5.74, 6) is 0.438. The first-order valence-electron chi connectivity index (χ1n) is 6.33. The van der Waals surface area contributed by atoms with Crippen molar-refractivity contribution in [1.82, 2.24) is 20.5 Å². The quantitative estimate of drug-likeness (QED) is 0.575. The molecule has 102 valence electrons. The molecule has 3 rings (SSSR count). The standard InChI is InChI=1S/C14H15N5O/c15-14-10(8-18-19-14)7-17-13(20)5-9-6-16-12-4-2-1-3-11(9)12/h1-4,6,8,16H,5,7H2,(H,17,20)(H3,15,18,19). The van der Waals surface area contributed by atoms with Crippen LogP contribution in [0.2, 0.25) is 0 Å².